The molecule has 0 aliphatic heterocycles. The van der Waals surface area contributed by atoms with Crippen molar-refractivity contribution in [1.29, 1.82) is 0 Å². The molecule has 0 amide bonds. The molecule has 2 N–H and O–H groups in total. The highest BCUT2D eigenvalue weighted by molar-refractivity contribution is 4.76. The Hall–Kier alpha value is -0.0800. The summed E-state index contributed by atoms with van der Waals surface area (Å²) >= 11 is 0. The molecular formula is C9H19NO. The molecule has 1 fully saturated rings. The molecule has 1 rings (SSSR count). The molecule has 11 heavy (non-hydrogen) atoms. The van der Waals surface area contributed by atoms with Crippen LogP contribution in [0.3, 0.4) is 0 Å². The van der Waals surface area contributed by atoms with Gasteiger partial charge in [-0.05, 0) is 26.2 Å². The van der Waals surface area contributed by atoms with Crippen LogP contribution in [0.15, 0.2) is 0 Å². The second-order valence-electron chi connectivity index (χ2n) is 3.56. The van der Waals surface area contributed by atoms with Crippen LogP contribution in [0.2, 0.25) is 0 Å². The summed E-state index contributed by atoms with van der Waals surface area (Å²) < 4.78 is 0. The van der Waals surface area contributed by atoms with E-state index in [2.05, 4.69) is 12.2 Å². The number of hydrogen-bond donors (Lipinski definition) is 2. The van der Waals surface area contributed by atoms with E-state index in [9.17, 15) is 0 Å². The first-order valence-corrected chi connectivity index (χ1v) is 4.70. The van der Waals surface area contributed by atoms with Crippen molar-refractivity contribution in [3.05, 3.63) is 0 Å². The quantitative estimate of drug-likeness (QED) is 0.644. The first-order chi connectivity index (χ1) is 5.33. The Bertz CT molecular complexity index is 99.7. The minimum Gasteiger partial charge on any atom is -0.396 e. The summed E-state index contributed by atoms with van der Waals surface area (Å²) in [7, 11) is 0. The number of nitrogens with one attached hydrogen (secondary N) is 1. The lowest BCUT2D eigenvalue weighted by Crippen LogP contribution is -2.35. The minimum absolute atomic E-state index is 0.306. The van der Waals surface area contributed by atoms with Crippen LogP contribution in [0.5, 0.6) is 0 Å². The highest BCUT2D eigenvalue weighted by atomic mass is 16.3. The van der Waals surface area contributed by atoms with Crippen molar-refractivity contribution in [2.24, 2.45) is 0 Å². The first-order valence-electron chi connectivity index (χ1n) is 4.70. The third kappa shape index (κ3) is 3.21. The van der Waals surface area contributed by atoms with E-state index in [4.69, 9.17) is 5.11 Å². The van der Waals surface area contributed by atoms with Gasteiger partial charge >= 0.3 is 0 Å². The lowest BCUT2D eigenvalue weighted by atomic mass is 10.2. The Morgan fingerprint density at radius 3 is 2.64 bits per heavy atom. The van der Waals surface area contributed by atoms with Crippen LogP contribution < -0.4 is 5.32 Å². The van der Waals surface area contributed by atoms with Gasteiger partial charge < -0.3 is 10.4 Å². The average molecular weight is 157 g/mol. The Morgan fingerprint density at radius 2 is 2.09 bits per heavy atom. The molecule has 1 aliphatic rings. The van der Waals surface area contributed by atoms with E-state index >= 15 is 0 Å². The van der Waals surface area contributed by atoms with Gasteiger partial charge in [0.2, 0.25) is 0 Å². The molecule has 2 nitrogen and oxygen atoms in total. The minimum atomic E-state index is 0.306. The highest BCUT2D eigenvalue weighted by Crippen LogP contribution is 2.18. The Morgan fingerprint density at radius 1 is 1.45 bits per heavy atom. The lowest BCUT2D eigenvalue weighted by Gasteiger charge is -2.17. The van der Waals surface area contributed by atoms with Gasteiger partial charge in [0.15, 0.2) is 0 Å². The van der Waals surface area contributed by atoms with E-state index in [0.29, 0.717) is 12.6 Å². The molecule has 1 saturated carbocycles. The monoisotopic (exact) mass is 157 g/mol. The van der Waals surface area contributed by atoms with Gasteiger partial charge in [0, 0.05) is 18.7 Å². The molecule has 0 bridgehead atoms. The fraction of sp³-hybridized carbons (Fsp3) is 1.00. The third-order valence-electron chi connectivity index (χ3n) is 2.44. The molecule has 2 heteroatoms. The molecule has 0 spiro atoms. The van der Waals surface area contributed by atoms with Crippen molar-refractivity contribution in [3.63, 3.8) is 0 Å². The normalized spacial score (nSPS) is 22.4. The van der Waals surface area contributed by atoms with Gasteiger partial charge in [-0.15, -0.1) is 0 Å². The smallest absolute Gasteiger partial charge is 0.0445 e. The van der Waals surface area contributed by atoms with Crippen molar-refractivity contribution in [2.75, 3.05) is 6.61 Å². The molecular weight excluding hydrogens is 138 g/mol. The van der Waals surface area contributed by atoms with Crippen molar-refractivity contribution in [3.8, 4) is 0 Å². The van der Waals surface area contributed by atoms with Crippen LogP contribution in [-0.4, -0.2) is 23.8 Å². The molecule has 0 aromatic carbocycles. The maximum atomic E-state index is 8.67. The van der Waals surface area contributed by atoms with E-state index in [1.54, 1.807) is 0 Å². The van der Waals surface area contributed by atoms with Crippen LogP contribution in [0, 0.1) is 0 Å². The maximum Gasteiger partial charge on any atom is 0.0445 e. The van der Waals surface area contributed by atoms with Gasteiger partial charge in [0.25, 0.3) is 0 Å². The second kappa shape index (κ2) is 4.73. The van der Waals surface area contributed by atoms with Gasteiger partial charge in [0.1, 0.15) is 0 Å². The van der Waals surface area contributed by atoms with Gasteiger partial charge in [-0.25, -0.2) is 0 Å². The fourth-order valence-electron chi connectivity index (χ4n) is 1.77. The van der Waals surface area contributed by atoms with E-state index < -0.39 is 0 Å². The number of aliphatic hydroxyl groups excluding tert-OH is 1. The summed E-state index contributed by atoms with van der Waals surface area (Å²) in [5.74, 6) is 0. The zero-order valence-electron chi connectivity index (χ0n) is 7.34. The molecule has 1 aliphatic carbocycles. The average Bonchev–Trinajstić information content (AvgIpc) is 2.40. The van der Waals surface area contributed by atoms with Crippen molar-refractivity contribution < 1.29 is 5.11 Å². The number of rotatable bonds is 4. The van der Waals surface area contributed by atoms with E-state index in [1.165, 1.54) is 25.7 Å². The molecule has 0 aromatic rings. The lowest BCUT2D eigenvalue weighted by molar-refractivity contribution is 0.263. The van der Waals surface area contributed by atoms with Crippen molar-refractivity contribution >= 4 is 0 Å². The Balaban J connectivity index is 2.08. The summed E-state index contributed by atoms with van der Waals surface area (Å²) in [6.45, 7) is 2.45. The predicted octanol–water partition coefficient (Wildman–Crippen LogP) is 1.29. The maximum absolute atomic E-state index is 8.67. The van der Waals surface area contributed by atoms with Crippen molar-refractivity contribution in [1.82, 2.24) is 5.32 Å². The molecule has 0 heterocycles. The highest BCUT2D eigenvalue weighted by Gasteiger charge is 2.15. The zero-order valence-corrected chi connectivity index (χ0v) is 7.34. The number of hydrogen-bond acceptors (Lipinski definition) is 2. The second-order valence-corrected chi connectivity index (χ2v) is 3.56. The Kier molecular flexibility index (Phi) is 3.87. The van der Waals surface area contributed by atoms with Crippen LogP contribution in [-0.2, 0) is 0 Å². The fourth-order valence-corrected chi connectivity index (χ4v) is 1.77. The number of aliphatic hydroxyl groups is 1. The van der Waals surface area contributed by atoms with E-state index in [0.717, 1.165) is 12.5 Å². The SMILES string of the molecule is C[C@H](CCO)NC1CCCC1. The molecule has 0 unspecified atom stereocenters. The van der Waals surface area contributed by atoms with Crippen LogP contribution in [0.4, 0.5) is 0 Å². The van der Waals surface area contributed by atoms with Gasteiger partial charge in [-0.2, -0.15) is 0 Å². The van der Waals surface area contributed by atoms with Crippen LogP contribution in [0.25, 0.3) is 0 Å². The molecule has 0 saturated heterocycles. The Labute approximate surface area is 69.0 Å². The summed E-state index contributed by atoms with van der Waals surface area (Å²) in [6, 6.07) is 1.22. The zero-order chi connectivity index (χ0) is 8.10. The first kappa shape index (κ1) is 9.01. The van der Waals surface area contributed by atoms with Crippen LogP contribution in [0.1, 0.15) is 39.0 Å². The third-order valence-corrected chi connectivity index (χ3v) is 2.44. The molecule has 66 valence electrons. The summed E-state index contributed by atoms with van der Waals surface area (Å²) in [4.78, 5) is 0. The van der Waals surface area contributed by atoms with Gasteiger partial charge in [0.05, 0.1) is 0 Å². The predicted molar refractivity (Wildman–Crippen MR) is 46.6 cm³/mol. The summed E-state index contributed by atoms with van der Waals surface area (Å²) in [5, 5.41) is 12.2. The van der Waals surface area contributed by atoms with Gasteiger partial charge in [-0.3, -0.25) is 0 Å². The topological polar surface area (TPSA) is 32.3 Å². The van der Waals surface area contributed by atoms with E-state index in [1.807, 2.05) is 0 Å². The molecule has 1 atom stereocenters. The summed E-state index contributed by atoms with van der Waals surface area (Å²) in [5.41, 5.74) is 0. The van der Waals surface area contributed by atoms with Crippen LogP contribution >= 0.6 is 0 Å². The van der Waals surface area contributed by atoms with Crippen molar-refractivity contribution in [2.45, 2.75) is 51.1 Å². The van der Waals surface area contributed by atoms with Gasteiger partial charge in [-0.1, -0.05) is 12.8 Å². The molecule has 0 aromatic heterocycles. The summed E-state index contributed by atoms with van der Waals surface area (Å²) in [6.07, 6.45) is 6.30. The largest absolute Gasteiger partial charge is 0.396 e. The van der Waals surface area contributed by atoms with E-state index in [-0.39, 0.29) is 0 Å². The standard InChI is InChI=1S/C9H19NO/c1-8(6-7-11)10-9-4-2-3-5-9/h8-11H,2-7H2,1H3/t8-/m1/s1. The molecule has 0 radical (unpaired) electrons.